The van der Waals surface area contributed by atoms with Gasteiger partial charge >= 0.3 is 0 Å². The molecule has 10 heteroatoms. The van der Waals surface area contributed by atoms with Gasteiger partial charge in [0.25, 0.3) is 0 Å². The lowest BCUT2D eigenvalue weighted by Crippen LogP contribution is -2.37. The third-order valence-corrected chi connectivity index (χ3v) is 9.06. The Kier molecular flexibility index (Phi) is 7.22. The lowest BCUT2D eigenvalue weighted by Gasteiger charge is -2.19. The topological polar surface area (TPSA) is 148 Å². The summed E-state index contributed by atoms with van der Waals surface area (Å²) in [5.74, 6) is 2.46. The molecule has 4 heterocycles. The number of aryl methyl sites for hydroxylation is 2. The number of benzene rings is 1. The van der Waals surface area contributed by atoms with Gasteiger partial charge in [0.2, 0.25) is 5.91 Å². The Morgan fingerprint density at radius 1 is 1.25 bits per heavy atom. The molecule has 2 saturated heterocycles. The highest BCUT2D eigenvalue weighted by Gasteiger charge is 2.41. The van der Waals surface area contributed by atoms with E-state index in [4.69, 9.17) is 21.9 Å². The number of nitrogen functional groups attached to an aromatic ring is 1. The van der Waals surface area contributed by atoms with Gasteiger partial charge < -0.3 is 26.7 Å². The minimum Gasteiger partial charge on any atom is -0.382 e. The zero-order valence-corrected chi connectivity index (χ0v) is 21.6. The molecule has 2 aromatic heterocycles. The van der Waals surface area contributed by atoms with Crippen LogP contribution in [0.2, 0.25) is 0 Å². The van der Waals surface area contributed by atoms with Crippen molar-refractivity contribution in [2.24, 2.45) is 11.7 Å². The maximum atomic E-state index is 12.4. The number of thioether (sulfide) groups is 1. The highest BCUT2D eigenvalue weighted by molar-refractivity contribution is 8.00. The summed E-state index contributed by atoms with van der Waals surface area (Å²) in [6, 6.07) is 8.66. The minimum atomic E-state index is -0.236. The van der Waals surface area contributed by atoms with Crippen molar-refractivity contribution >= 4 is 51.4 Å². The average molecular weight is 509 g/mol. The van der Waals surface area contributed by atoms with Crippen LogP contribution in [0.1, 0.15) is 51.3 Å². The molecule has 9 nitrogen and oxygen atoms in total. The highest BCUT2D eigenvalue weighted by Crippen LogP contribution is 2.34. The highest BCUT2D eigenvalue weighted by atomic mass is 32.2. The van der Waals surface area contributed by atoms with Gasteiger partial charge in [-0.1, -0.05) is 38.0 Å². The summed E-state index contributed by atoms with van der Waals surface area (Å²) in [6.07, 6.45) is 6.37. The summed E-state index contributed by atoms with van der Waals surface area (Å²) < 4.78 is 2.25. The van der Waals surface area contributed by atoms with Crippen LogP contribution < -0.4 is 22.1 Å². The number of guanidine groups is 1. The predicted molar refractivity (Wildman–Crippen MR) is 147 cm³/mol. The molecule has 192 valence electrons. The van der Waals surface area contributed by atoms with Crippen molar-refractivity contribution in [3.63, 3.8) is 0 Å². The molecule has 0 aliphatic carbocycles. The van der Waals surface area contributed by atoms with Gasteiger partial charge in [0, 0.05) is 35.3 Å². The molecular formula is C26H36N8OS. The summed E-state index contributed by atoms with van der Waals surface area (Å²) in [5, 5.41) is 15.8. The molecule has 1 aromatic carbocycles. The summed E-state index contributed by atoms with van der Waals surface area (Å²) in [6.45, 7) is 2.84. The van der Waals surface area contributed by atoms with E-state index in [-0.39, 0.29) is 11.8 Å². The number of nitrogens with zero attached hydrogens (tertiary/aromatic N) is 3. The summed E-state index contributed by atoms with van der Waals surface area (Å²) in [5.41, 5.74) is 14.8. The van der Waals surface area contributed by atoms with Gasteiger partial charge in [0.05, 0.1) is 23.1 Å². The number of unbranched alkanes of at least 4 members (excludes halogenated alkanes) is 1. The molecule has 2 fully saturated rings. The zero-order chi connectivity index (χ0) is 25.2. The fourth-order valence-electron chi connectivity index (χ4n) is 5.63. The molecule has 2 aliphatic rings. The van der Waals surface area contributed by atoms with Crippen molar-refractivity contribution in [1.82, 2.24) is 25.2 Å². The number of pyridine rings is 1. The van der Waals surface area contributed by atoms with E-state index in [1.165, 1.54) is 0 Å². The zero-order valence-electron chi connectivity index (χ0n) is 20.8. The fraction of sp³-hybridized carbons (Fsp3) is 0.538. The Bertz CT molecular complexity index is 1270. The lowest BCUT2D eigenvalue weighted by atomic mass is 9.95. The number of para-hydroxylation sites is 1. The number of imidazole rings is 1. The van der Waals surface area contributed by atoms with E-state index >= 15 is 0 Å². The molecule has 0 radical (unpaired) electrons. The Labute approximate surface area is 215 Å². The van der Waals surface area contributed by atoms with Gasteiger partial charge in [-0.3, -0.25) is 10.2 Å². The maximum absolute atomic E-state index is 12.4. The Morgan fingerprint density at radius 2 is 2.08 bits per heavy atom. The molecule has 1 amide bonds. The molecule has 3 aromatic rings. The van der Waals surface area contributed by atoms with E-state index in [0.717, 1.165) is 72.0 Å². The van der Waals surface area contributed by atoms with Crippen molar-refractivity contribution in [1.29, 1.82) is 5.41 Å². The van der Waals surface area contributed by atoms with Crippen LogP contribution in [-0.4, -0.2) is 49.5 Å². The molecule has 0 bridgehead atoms. The smallest absolute Gasteiger partial charge is 0.220 e. The van der Waals surface area contributed by atoms with Crippen LogP contribution in [0.4, 0.5) is 5.82 Å². The van der Waals surface area contributed by atoms with Gasteiger partial charge in [-0.25, -0.2) is 9.97 Å². The van der Waals surface area contributed by atoms with Gasteiger partial charge in [-0.05, 0) is 31.7 Å². The van der Waals surface area contributed by atoms with Crippen LogP contribution in [0, 0.1) is 11.3 Å². The van der Waals surface area contributed by atoms with E-state index < -0.39 is 0 Å². The number of anilines is 1. The maximum Gasteiger partial charge on any atom is 0.220 e. The second kappa shape index (κ2) is 10.5. The quantitative estimate of drug-likeness (QED) is 0.267. The van der Waals surface area contributed by atoms with E-state index in [9.17, 15) is 4.79 Å². The fourth-order valence-corrected chi connectivity index (χ4v) is 7.17. The van der Waals surface area contributed by atoms with Crippen LogP contribution in [0.15, 0.2) is 24.3 Å². The number of fused-ring (bicyclic) bond motifs is 4. The van der Waals surface area contributed by atoms with Gasteiger partial charge in [-0.2, -0.15) is 11.8 Å². The third-order valence-electron chi connectivity index (χ3n) is 7.55. The first-order valence-electron chi connectivity index (χ1n) is 13.0. The van der Waals surface area contributed by atoms with Gasteiger partial charge in [0.15, 0.2) is 11.8 Å². The number of amides is 1. The van der Waals surface area contributed by atoms with E-state index in [1.54, 1.807) is 0 Å². The minimum absolute atomic E-state index is 0.193. The monoisotopic (exact) mass is 508 g/mol. The van der Waals surface area contributed by atoms with Crippen LogP contribution >= 0.6 is 11.8 Å². The van der Waals surface area contributed by atoms with Crippen molar-refractivity contribution < 1.29 is 4.79 Å². The van der Waals surface area contributed by atoms with Crippen LogP contribution in [0.25, 0.3) is 21.9 Å². The second-order valence-corrected chi connectivity index (χ2v) is 11.3. The first-order chi connectivity index (χ1) is 17.5. The molecule has 0 spiro atoms. The molecule has 4 unspecified atom stereocenters. The van der Waals surface area contributed by atoms with Crippen LogP contribution in [-0.2, 0) is 17.8 Å². The summed E-state index contributed by atoms with van der Waals surface area (Å²) in [7, 11) is 0. The molecular weight excluding hydrogens is 472 g/mol. The van der Waals surface area contributed by atoms with Crippen molar-refractivity contribution in [2.75, 3.05) is 11.5 Å². The number of rotatable bonds is 11. The number of hydrogen-bond acceptors (Lipinski definition) is 6. The number of aromatic nitrogens is 3. The first kappa shape index (κ1) is 24.7. The molecule has 7 N–H and O–H groups in total. The van der Waals surface area contributed by atoms with Crippen molar-refractivity contribution in [2.45, 2.75) is 75.7 Å². The summed E-state index contributed by atoms with van der Waals surface area (Å²) >= 11 is 1.95. The predicted octanol–water partition coefficient (Wildman–Crippen LogP) is 3.15. The Morgan fingerprint density at radius 3 is 2.89 bits per heavy atom. The second-order valence-electron chi connectivity index (χ2n) is 9.98. The molecule has 4 atom stereocenters. The number of primary amides is 1. The standard InChI is InChI=1S/C26H36N8OS/c1-2-3-11-20-32-22-23(16-8-4-5-9-17(16)30-24(22)27)34(20)13-12-15(25(28)35)7-6-10-19-21-18(14-36-19)31-26(29)33-21/h4-5,8-9,15,18-19,21H,2-3,6-7,10-14H2,1H3,(H2,27,30)(H2,28,35)(H3,29,31,33). The average Bonchev–Trinajstić information content (AvgIpc) is 3.52. The molecule has 2 aliphatic heterocycles. The molecule has 5 rings (SSSR count). The normalized spacial score (nSPS) is 22.0. The number of carbonyl (C=O) groups excluding carboxylic acids is 1. The number of nitrogens with two attached hydrogens (primary N) is 2. The van der Waals surface area contributed by atoms with Crippen molar-refractivity contribution in [3.8, 4) is 0 Å². The van der Waals surface area contributed by atoms with Crippen LogP contribution in [0.5, 0.6) is 0 Å². The number of nitrogens with one attached hydrogen (secondary N) is 3. The first-order valence-corrected chi connectivity index (χ1v) is 14.1. The SMILES string of the molecule is CCCCc1nc2c(N)nc3ccccc3c2n1CCC(CCCC1SCC2NC(=N)NC21)C(N)=O. The van der Waals surface area contributed by atoms with Gasteiger partial charge in [0.1, 0.15) is 11.3 Å². The van der Waals surface area contributed by atoms with Crippen LogP contribution in [0.3, 0.4) is 0 Å². The summed E-state index contributed by atoms with van der Waals surface area (Å²) in [4.78, 5) is 21.9. The lowest BCUT2D eigenvalue weighted by molar-refractivity contribution is -0.122. The van der Waals surface area contributed by atoms with Gasteiger partial charge in [-0.15, -0.1) is 0 Å². The third kappa shape index (κ3) is 4.83. The largest absolute Gasteiger partial charge is 0.382 e. The Balaban J connectivity index is 1.32. The number of hydrogen-bond donors (Lipinski definition) is 5. The molecule has 0 saturated carbocycles. The Hall–Kier alpha value is -3.01. The molecule has 36 heavy (non-hydrogen) atoms. The van der Waals surface area contributed by atoms with E-state index in [0.29, 0.717) is 42.1 Å². The van der Waals surface area contributed by atoms with Crippen molar-refractivity contribution in [3.05, 3.63) is 30.1 Å². The number of carbonyl (C=O) groups is 1. The van der Waals surface area contributed by atoms with E-state index in [2.05, 4.69) is 33.2 Å². The van der Waals surface area contributed by atoms with E-state index in [1.807, 2.05) is 30.0 Å².